The number of rotatable bonds is 5. The molecule has 1 amide bonds. The molecule has 1 aliphatic rings. The van der Waals surface area contributed by atoms with Crippen molar-refractivity contribution in [1.82, 2.24) is 9.29 Å². The van der Waals surface area contributed by atoms with Crippen molar-refractivity contribution in [2.45, 2.75) is 13.0 Å². The predicted octanol–water partition coefficient (Wildman–Crippen LogP) is 2.63. The first-order valence-electron chi connectivity index (χ1n) is 8.74. The highest BCUT2D eigenvalue weighted by Crippen LogP contribution is 2.29. The average Bonchev–Trinajstić information content (AvgIpc) is 3.07. The minimum absolute atomic E-state index is 0.127. The van der Waals surface area contributed by atoms with Gasteiger partial charge >= 0.3 is 0 Å². The molecule has 146 valence electrons. The molecule has 0 fully saturated rings. The van der Waals surface area contributed by atoms with Gasteiger partial charge in [-0.25, -0.2) is 13.4 Å². The van der Waals surface area contributed by atoms with E-state index in [1.165, 1.54) is 21.9 Å². The second kappa shape index (κ2) is 7.50. The zero-order valence-electron chi connectivity index (χ0n) is 15.2. The number of hydrogen-bond donors (Lipinski definition) is 1. The average molecular weight is 418 g/mol. The zero-order chi connectivity index (χ0) is 19.7. The standard InChI is InChI=1S/C19H19N3O4S2/c1-28(24,25)22-9-8-16-17(11-22)27-19(20-16)21-18(23)12-26-15-7-6-13-4-2-3-5-14(13)10-15/h2-7,10H,8-9,11-12H2,1H3,(H,20,21,23). The highest BCUT2D eigenvalue weighted by atomic mass is 32.2. The van der Waals surface area contributed by atoms with Crippen LogP contribution in [0.3, 0.4) is 0 Å². The third kappa shape index (κ3) is 4.16. The van der Waals surface area contributed by atoms with Crippen molar-refractivity contribution in [2.24, 2.45) is 0 Å². The van der Waals surface area contributed by atoms with Crippen LogP contribution in [0.4, 0.5) is 5.13 Å². The van der Waals surface area contributed by atoms with Crippen LogP contribution in [-0.4, -0.2) is 43.0 Å². The van der Waals surface area contributed by atoms with Gasteiger partial charge in [-0.2, -0.15) is 4.31 Å². The quantitative estimate of drug-likeness (QED) is 0.689. The van der Waals surface area contributed by atoms with Crippen molar-refractivity contribution in [3.63, 3.8) is 0 Å². The number of carbonyl (C=O) groups excluding carboxylic acids is 1. The van der Waals surface area contributed by atoms with Crippen molar-refractivity contribution >= 4 is 43.2 Å². The normalized spacial score (nSPS) is 14.6. The number of carbonyl (C=O) groups is 1. The highest BCUT2D eigenvalue weighted by molar-refractivity contribution is 7.88. The van der Waals surface area contributed by atoms with Gasteiger partial charge in [0, 0.05) is 24.4 Å². The van der Waals surface area contributed by atoms with Gasteiger partial charge in [-0.1, -0.05) is 30.3 Å². The van der Waals surface area contributed by atoms with Crippen LogP contribution in [0.5, 0.6) is 5.75 Å². The minimum atomic E-state index is -3.23. The molecule has 0 spiro atoms. The van der Waals surface area contributed by atoms with E-state index in [0.29, 0.717) is 30.4 Å². The number of nitrogens with zero attached hydrogens (tertiary/aromatic N) is 2. The van der Waals surface area contributed by atoms with Crippen LogP contribution < -0.4 is 10.1 Å². The lowest BCUT2D eigenvalue weighted by molar-refractivity contribution is -0.118. The molecule has 0 saturated carbocycles. The monoisotopic (exact) mass is 417 g/mol. The Bertz CT molecular complexity index is 1140. The molecule has 1 N–H and O–H groups in total. The first-order chi connectivity index (χ1) is 13.4. The number of nitrogens with one attached hydrogen (secondary N) is 1. The lowest BCUT2D eigenvalue weighted by Crippen LogP contribution is -2.34. The number of aromatic nitrogens is 1. The molecule has 1 aromatic heterocycles. The molecule has 0 atom stereocenters. The molecule has 2 heterocycles. The number of hydrogen-bond acceptors (Lipinski definition) is 6. The van der Waals surface area contributed by atoms with Crippen LogP contribution in [0.1, 0.15) is 10.6 Å². The predicted molar refractivity (Wildman–Crippen MR) is 109 cm³/mol. The molecule has 0 bridgehead atoms. The smallest absolute Gasteiger partial charge is 0.264 e. The third-order valence-corrected chi connectivity index (χ3v) is 6.75. The van der Waals surface area contributed by atoms with Crippen molar-refractivity contribution in [3.05, 3.63) is 53.0 Å². The van der Waals surface area contributed by atoms with Crippen LogP contribution in [0, 0.1) is 0 Å². The summed E-state index contributed by atoms with van der Waals surface area (Å²) in [5.41, 5.74) is 0.843. The van der Waals surface area contributed by atoms with Crippen LogP contribution >= 0.6 is 11.3 Å². The number of thiazole rings is 1. The van der Waals surface area contributed by atoms with E-state index >= 15 is 0 Å². The van der Waals surface area contributed by atoms with Crippen LogP contribution in [-0.2, 0) is 27.8 Å². The van der Waals surface area contributed by atoms with E-state index < -0.39 is 10.0 Å². The van der Waals surface area contributed by atoms with E-state index in [0.717, 1.165) is 21.3 Å². The molecule has 0 radical (unpaired) electrons. The van der Waals surface area contributed by atoms with E-state index in [4.69, 9.17) is 4.74 Å². The van der Waals surface area contributed by atoms with E-state index in [1.807, 2.05) is 42.5 Å². The topological polar surface area (TPSA) is 88.6 Å². The fourth-order valence-electron chi connectivity index (χ4n) is 3.07. The maximum Gasteiger partial charge on any atom is 0.264 e. The molecule has 0 unspecified atom stereocenters. The summed E-state index contributed by atoms with van der Waals surface area (Å²) < 4.78 is 30.4. The van der Waals surface area contributed by atoms with E-state index in [2.05, 4.69) is 10.3 Å². The van der Waals surface area contributed by atoms with Crippen molar-refractivity contribution in [1.29, 1.82) is 0 Å². The lowest BCUT2D eigenvalue weighted by Gasteiger charge is -2.23. The molecule has 0 saturated heterocycles. The number of anilines is 1. The number of sulfonamides is 1. The molecule has 0 aliphatic carbocycles. The Morgan fingerprint density at radius 2 is 2.04 bits per heavy atom. The van der Waals surface area contributed by atoms with Crippen molar-refractivity contribution in [3.8, 4) is 5.75 Å². The Kier molecular flexibility index (Phi) is 5.05. The summed E-state index contributed by atoms with van der Waals surface area (Å²) >= 11 is 1.30. The molecule has 28 heavy (non-hydrogen) atoms. The maximum atomic E-state index is 12.2. The lowest BCUT2D eigenvalue weighted by atomic mass is 10.1. The largest absolute Gasteiger partial charge is 0.484 e. The van der Waals surface area contributed by atoms with Crippen molar-refractivity contribution < 1.29 is 17.9 Å². The van der Waals surface area contributed by atoms with Crippen LogP contribution in [0.15, 0.2) is 42.5 Å². The first-order valence-corrected chi connectivity index (χ1v) is 11.4. The van der Waals surface area contributed by atoms with Gasteiger partial charge in [-0.05, 0) is 22.9 Å². The Morgan fingerprint density at radius 1 is 1.25 bits per heavy atom. The van der Waals surface area contributed by atoms with E-state index in [1.54, 1.807) is 0 Å². The number of fused-ring (bicyclic) bond motifs is 2. The summed E-state index contributed by atoms with van der Waals surface area (Å²) in [4.78, 5) is 17.5. The fraction of sp³-hybridized carbons (Fsp3) is 0.263. The maximum absolute atomic E-state index is 12.2. The Hall–Kier alpha value is -2.49. The van der Waals surface area contributed by atoms with Gasteiger partial charge in [-0.15, -0.1) is 11.3 Å². The first kappa shape index (κ1) is 18.9. The second-order valence-corrected chi connectivity index (χ2v) is 9.65. The molecule has 2 aromatic carbocycles. The molecular formula is C19H19N3O4S2. The summed E-state index contributed by atoms with van der Waals surface area (Å²) in [5.74, 6) is 0.315. The molecular weight excluding hydrogens is 398 g/mol. The summed E-state index contributed by atoms with van der Waals surface area (Å²) in [6.07, 6.45) is 1.74. The Morgan fingerprint density at radius 3 is 2.82 bits per heavy atom. The molecule has 9 heteroatoms. The summed E-state index contributed by atoms with van der Waals surface area (Å²) in [6.45, 7) is 0.585. The molecule has 3 aromatic rings. The van der Waals surface area contributed by atoms with E-state index in [9.17, 15) is 13.2 Å². The molecule has 4 rings (SSSR count). The number of benzene rings is 2. The van der Waals surface area contributed by atoms with Gasteiger partial charge in [-0.3, -0.25) is 10.1 Å². The Balaban J connectivity index is 1.37. The summed E-state index contributed by atoms with van der Waals surface area (Å²) in [5, 5.41) is 5.35. The fourth-order valence-corrected chi connectivity index (χ4v) is 4.98. The van der Waals surface area contributed by atoms with E-state index in [-0.39, 0.29) is 12.5 Å². The number of amides is 1. The van der Waals surface area contributed by atoms with Gasteiger partial charge < -0.3 is 4.74 Å². The summed E-state index contributed by atoms with van der Waals surface area (Å²) in [7, 11) is -3.23. The minimum Gasteiger partial charge on any atom is -0.484 e. The molecule has 7 nitrogen and oxygen atoms in total. The summed E-state index contributed by atoms with van der Waals surface area (Å²) in [6, 6.07) is 13.6. The third-order valence-electron chi connectivity index (χ3n) is 4.50. The molecule has 1 aliphatic heterocycles. The SMILES string of the molecule is CS(=O)(=O)N1CCc2nc(NC(=O)COc3ccc4ccccc4c3)sc2C1. The van der Waals surface area contributed by atoms with Gasteiger partial charge in [0.2, 0.25) is 10.0 Å². The van der Waals surface area contributed by atoms with Crippen LogP contribution in [0.25, 0.3) is 10.8 Å². The Labute approximate surface area is 167 Å². The zero-order valence-corrected chi connectivity index (χ0v) is 16.8. The van der Waals surface area contributed by atoms with Gasteiger partial charge in [0.05, 0.1) is 11.9 Å². The second-order valence-electron chi connectivity index (χ2n) is 6.58. The van der Waals surface area contributed by atoms with Crippen molar-refractivity contribution in [2.75, 3.05) is 24.7 Å². The highest BCUT2D eigenvalue weighted by Gasteiger charge is 2.26. The van der Waals surface area contributed by atoms with Crippen LogP contribution in [0.2, 0.25) is 0 Å². The number of ether oxygens (including phenoxy) is 1. The van der Waals surface area contributed by atoms with Gasteiger partial charge in [0.1, 0.15) is 5.75 Å². The van der Waals surface area contributed by atoms with Gasteiger partial charge in [0.15, 0.2) is 11.7 Å². The van der Waals surface area contributed by atoms with Gasteiger partial charge in [0.25, 0.3) is 5.91 Å².